The van der Waals surface area contributed by atoms with Gasteiger partial charge in [0.15, 0.2) is 0 Å². The number of hydrogen-bond donors (Lipinski definition) is 1. The van der Waals surface area contributed by atoms with Crippen LogP contribution in [-0.2, 0) is 16.0 Å². The molecular weight excluding hydrogens is 192 g/mol. The monoisotopic (exact) mass is 208 g/mol. The lowest BCUT2D eigenvalue weighted by atomic mass is 10.2. The van der Waals surface area contributed by atoms with Crippen LogP contribution in [0.5, 0.6) is 0 Å². The highest BCUT2D eigenvalue weighted by Crippen LogP contribution is 2.00. The van der Waals surface area contributed by atoms with E-state index >= 15 is 0 Å². The third-order valence-electron chi connectivity index (χ3n) is 2.06. The van der Waals surface area contributed by atoms with Crippen molar-refractivity contribution in [1.82, 2.24) is 0 Å². The molecule has 1 aromatic rings. The summed E-state index contributed by atoms with van der Waals surface area (Å²) in [5.41, 5.74) is 1.25. The summed E-state index contributed by atoms with van der Waals surface area (Å²) in [6.07, 6.45) is 1.66. The van der Waals surface area contributed by atoms with Crippen molar-refractivity contribution in [3.63, 3.8) is 0 Å². The summed E-state index contributed by atoms with van der Waals surface area (Å²) < 4.78 is 5.32. The first kappa shape index (κ1) is 11.7. The maximum atomic E-state index is 10.2. The van der Waals surface area contributed by atoms with Crippen LogP contribution in [0.3, 0.4) is 0 Å². The third kappa shape index (κ3) is 5.86. The Kier molecular flexibility index (Phi) is 5.48. The van der Waals surface area contributed by atoms with E-state index in [0.29, 0.717) is 19.6 Å². The maximum Gasteiger partial charge on any atom is 0.303 e. The van der Waals surface area contributed by atoms with Gasteiger partial charge in [-0.15, -0.1) is 0 Å². The normalized spacial score (nSPS) is 10.1. The molecule has 0 aliphatic heterocycles. The lowest BCUT2D eigenvalue weighted by molar-refractivity contribution is -0.137. The number of carbonyl (C=O) groups is 1. The lowest BCUT2D eigenvalue weighted by Crippen LogP contribution is -2.03. The molecule has 0 amide bonds. The van der Waals surface area contributed by atoms with Crippen molar-refractivity contribution in [3.8, 4) is 0 Å². The van der Waals surface area contributed by atoms with E-state index in [9.17, 15) is 4.79 Å². The van der Waals surface area contributed by atoms with Gasteiger partial charge in [-0.3, -0.25) is 4.79 Å². The van der Waals surface area contributed by atoms with E-state index in [1.54, 1.807) is 0 Å². The van der Waals surface area contributed by atoms with Crippen LogP contribution in [-0.4, -0.2) is 24.3 Å². The van der Waals surface area contributed by atoms with Gasteiger partial charge in [0.25, 0.3) is 0 Å². The number of hydrogen-bond acceptors (Lipinski definition) is 2. The Morgan fingerprint density at radius 3 is 2.60 bits per heavy atom. The standard InChI is InChI=1S/C12H16O3/c13-12(14)7-4-9-15-10-8-11-5-2-1-3-6-11/h1-3,5-6H,4,7-10H2,(H,13,14). The van der Waals surface area contributed by atoms with Gasteiger partial charge in [0.05, 0.1) is 6.61 Å². The van der Waals surface area contributed by atoms with Crippen LogP contribution < -0.4 is 0 Å². The molecule has 0 bridgehead atoms. The molecule has 3 heteroatoms. The van der Waals surface area contributed by atoms with E-state index in [1.165, 1.54) is 5.56 Å². The van der Waals surface area contributed by atoms with Gasteiger partial charge in [-0.25, -0.2) is 0 Å². The molecule has 15 heavy (non-hydrogen) atoms. The highest BCUT2D eigenvalue weighted by atomic mass is 16.5. The Bertz CT molecular complexity index is 282. The lowest BCUT2D eigenvalue weighted by Gasteiger charge is -2.03. The summed E-state index contributed by atoms with van der Waals surface area (Å²) in [6, 6.07) is 10.1. The van der Waals surface area contributed by atoms with Gasteiger partial charge in [-0.05, 0) is 18.4 Å². The topological polar surface area (TPSA) is 46.5 Å². The molecule has 0 heterocycles. The molecule has 0 aliphatic rings. The van der Waals surface area contributed by atoms with Crippen molar-refractivity contribution in [1.29, 1.82) is 0 Å². The fourth-order valence-electron chi connectivity index (χ4n) is 1.26. The molecule has 0 fully saturated rings. The molecule has 0 unspecified atom stereocenters. The smallest absolute Gasteiger partial charge is 0.303 e. The van der Waals surface area contributed by atoms with E-state index in [4.69, 9.17) is 9.84 Å². The summed E-state index contributed by atoms with van der Waals surface area (Å²) in [6.45, 7) is 1.18. The van der Waals surface area contributed by atoms with Gasteiger partial charge >= 0.3 is 5.97 Å². The van der Waals surface area contributed by atoms with E-state index in [1.807, 2.05) is 18.2 Å². The Hall–Kier alpha value is -1.35. The fourth-order valence-corrected chi connectivity index (χ4v) is 1.26. The van der Waals surface area contributed by atoms with Crippen molar-refractivity contribution in [2.24, 2.45) is 0 Å². The van der Waals surface area contributed by atoms with E-state index < -0.39 is 5.97 Å². The maximum absolute atomic E-state index is 10.2. The average Bonchev–Trinajstić information content (AvgIpc) is 2.24. The van der Waals surface area contributed by atoms with Gasteiger partial charge in [0.1, 0.15) is 0 Å². The number of aliphatic carboxylic acids is 1. The number of benzene rings is 1. The number of carboxylic acid groups (broad SMARTS) is 1. The van der Waals surface area contributed by atoms with E-state index in [-0.39, 0.29) is 6.42 Å². The van der Waals surface area contributed by atoms with Gasteiger partial charge in [0, 0.05) is 13.0 Å². The summed E-state index contributed by atoms with van der Waals surface area (Å²) in [5.74, 6) is -0.762. The Morgan fingerprint density at radius 2 is 1.93 bits per heavy atom. The van der Waals surface area contributed by atoms with Crippen LogP contribution >= 0.6 is 0 Å². The van der Waals surface area contributed by atoms with Crippen molar-refractivity contribution in [2.75, 3.05) is 13.2 Å². The second kappa shape index (κ2) is 7.01. The minimum atomic E-state index is -0.762. The predicted octanol–water partition coefficient (Wildman–Crippen LogP) is 2.11. The van der Waals surface area contributed by atoms with Crippen molar-refractivity contribution in [3.05, 3.63) is 35.9 Å². The third-order valence-corrected chi connectivity index (χ3v) is 2.06. The highest BCUT2D eigenvalue weighted by molar-refractivity contribution is 5.66. The molecule has 0 atom stereocenters. The number of ether oxygens (including phenoxy) is 1. The van der Waals surface area contributed by atoms with Crippen LogP contribution in [0.1, 0.15) is 18.4 Å². The zero-order valence-electron chi connectivity index (χ0n) is 8.69. The van der Waals surface area contributed by atoms with E-state index in [2.05, 4.69) is 12.1 Å². The van der Waals surface area contributed by atoms with Gasteiger partial charge < -0.3 is 9.84 Å². The van der Waals surface area contributed by atoms with Crippen LogP contribution in [0.2, 0.25) is 0 Å². The van der Waals surface area contributed by atoms with Crippen LogP contribution in [0.15, 0.2) is 30.3 Å². The number of carboxylic acids is 1. The Balaban J connectivity index is 2.00. The second-order valence-electron chi connectivity index (χ2n) is 3.35. The average molecular weight is 208 g/mol. The Labute approximate surface area is 89.7 Å². The molecule has 1 aromatic carbocycles. The molecule has 0 radical (unpaired) electrons. The summed E-state index contributed by atoms with van der Waals surface area (Å²) in [5, 5.41) is 8.39. The molecule has 0 saturated heterocycles. The van der Waals surface area contributed by atoms with Gasteiger partial charge in [0.2, 0.25) is 0 Å². The molecular formula is C12H16O3. The summed E-state index contributed by atoms with van der Waals surface area (Å²) >= 11 is 0. The summed E-state index contributed by atoms with van der Waals surface area (Å²) in [7, 11) is 0. The molecule has 82 valence electrons. The van der Waals surface area contributed by atoms with Crippen molar-refractivity contribution >= 4 is 5.97 Å². The SMILES string of the molecule is O=C(O)CCCOCCc1ccccc1. The largest absolute Gasteiger partial charge is 0.481 e. The van der Waals surface area contributed by atoms with Gasteiger partial charge in [-0.1, -0.05) is 30.3 Å². The minimum absolute atomic E-state index is 0.186. The van der Waals surface area contributed by atoms with Crippen molar-refractivity contribution < 1.29 is 14.6 Å². The quantitative estimate of drug-likeness (QED) is 0.698. The molecule has 0 aromatic heterocycles. The minimum Gasteiger partial charge on any atom is -0.481 e. The molecule has 3 nitrogen and oxygen atoms in total. The fraction of sp³-hybridized carbons (Fsp3) is 0.417. The zero-order valence-corrected chi connectivity index (χ0v) is 8.69. The number of rotatable bonds is 7. The van der Waals surface area contributed by atoms with E-state index in [0.717, 1.165) is 6.42 Å². The Morgan fingerprint density at radius 1 is 1.20 bits per heavy atom. The zero-order chi connectivity index (χ0) is 10.9. The predicted molar refractivity (Wildman–Crippen MR) is 57.8 cm³/mol. The molecule has 1 rings (SSSR count). The first-order chi connectivity index (χ1) is 7.29. The molecule has 0 spiro atoms. The van der Waals surface area contributed by atoms with Crippen molar-refractivity contribution in [2.45, 2.75) is 19.3 Å². The summed E-state index contributed by atoms with van der Waals surface area (Å²) in [4.78, 5) is 10.2. The highest BCUT2D eigenvalue weighted by Gasteiger charge is 1.96. The van der Waals surface area contributed by atoms with Crippen LogP contribution in [0, 0.1) is 0 Å². The molecule has 0 saturated carbocycles. The molecule has 0 aliphatic carbocycles. The van der Waals surface area contributed by atoms with Gasteiger partial charge in [-0.2, -0.15) is 0 Å². The second-order valence-corrected chi connectivity index (χ2v) is 3.35. The van der Waals surface area contributed by atoms with Crippen LogP contribution in [0.25, 0.3) is 0 Å². The molecule has 1 N–H and O–H groups in total. The van der Waals surface area contributed by atoms with Crippen LogP contribution in [0.4, 0.5) is 0 Å². The first-order valence-electron chi connectivity index (χ1n) is 5.12. The first-order valence-corrected chi connectivity index (χ1v) is 5.12.